The van der Waals surface area contributed by atoms with Gasteiger partial charge in [0.25, 0.3) is 0 Å². The molecule has 5 heteroatoms. The number of carbonyl (C=O) groups is 1. The molecule has 0 spiro atoms. The summed E-state index contributed by atoms with van der Waals surface area (Å²) < 4.78 is 5.11. The standard InChI is InChI=1S/C18H28N2O2.ClH/c1-22-14-6-5-13-20(15-16-7-3-2-4-8-16)18(21)17-9-11-19-12-10-17;/h2-4,7-8,17,19H,5-6,9-15H2,1H3;1H. The molecule has 1 heterocycles. The molecule has 1 aromatic rings. The molecule has 4 nitrogen and oxygen atoms in total. The topological polar surface area (TPSA) is 41.6 Å². The van der Waals surface area contributed by atoms with Crippen molar-refractivity contribution < 1.29 is 9.53 Å². The van der Waals surface area contributed by atoms with Crippen LogP contribution in [0.25, 0.3) is 0 Å². The molecule has 0 unspecified atom stereocenters. The number of unbranched alkanes of at least 4 members (excludes halogenated alkanes) is 1. The summed E-state index contributed by atoms with van der Waals surface area (Å²) in [4.78, 5) is 14.9. The molecular weight excluding hydrogens is 312 g/mol. The van der Waals surface area contributed by atoms with E-state index >= 15 is 0 Å². The van der Waals surface area contributed by atoms with Gasteiger partial charge in [0.15, 0.2) is 0 Å². The lowest BCUT2D eigenvalue weighted by Crippen LogP contribution is -2.41. The number of hydrogen-bond donors (Lipinski definition) is 1. The van der Waals surface area contributed by atoms with Crippen molar-refractivity contribution in [3.8, 4) is 0 Å². The normalized spacial score (nSPS) is 15.0. The van der Waals surface area contributed by atoms with Gasteiger partial charge < -0.3 is 15.0 Å². The number of hydrogen-bond acceptors (Lipinski definition) is 3. The van der Waals surface area contributed by atoms with Gasteiger partial charge in [0.2, 0.25) is 5.91 Å². The summed E-state index contributed by atoms with van der Waals surface area (Å²) in [5, 5.41) is 3.33. The average Bonchev–Trinajstić information content (AvgIpc) is 2.59. The van der Waals surface area contributed by atoms with E-state index in [2.05, 4.69) is 17.4 Å². The lowest BCUT2D eigenvalue weighted by Gasteiger charge is -2.30. The molecule has 0 radical (unpaired) electrons. The van der Waals surface area contributed by atoms with Crippen LogP contribution in [0.4, 0.5) is 0 Å². The largest absolute Gasteiger partial charge is 0.385 e. The van der Waals surface area contributed by atoms with E-state index in [1.807, 2.05) is 23.1 Å². The number of amides is 1. The highest BCUT2D eigenvalue weighted by molar-refractivity contribution is 5.85. The molecule has 0 bridgehead atoms. The second-order valence-electron chi connectivity index (χ2n) is 5.97. The third kappa shape index (κ3) is 6.90. The van der Waals surface area contributed by atoms with E-state index in [1.165, 1.54) is 5.56 Å². The molecule has 1 aromatic carbocycles. The molecule has 1 N–H and O–H groups in total. The fraction of sp³-hybridized carbons (Fsp3) is 0.611. The van der Waals surface area contributed by atoms with Gasteiger partial charge >= 0.3 is 0 Å². The minimum Gasteiger partial charge on any atom is -0.385 e. The molecule has 23 heavy (non-hydrogen) atoms. The fourth-order valence-electron chi connectivity index (χ4n) is 2.95. The fourth-order valence-corrected chi connectivity index (χ4v) is 2.95. The number of nitrogens with zero attached hydrogens (tertiary/aromatic N) is 1. The zero-order valence-corrected chi connectivity index (χ0v) is 14.8. The van der Waals surface area contributed by atoms with E-state index in [9.17, 15) is 4.79 Å². The number of rotatable bonds is 8. The highest BCUT2D eigenvalue weighted by Gasteiger charge is 2.25. The molecule has 1 fully saturated rings. The van der Waals surface area contributed by atoms with E-state index in [1.54, 1.807) is 7.11 Å². The molecule has 0 atom stereocenters. The van der Waals surface area contributed by atoms with Gasteiger partial charge in [-0.15, -0.1) is 12.4 Å². The minimum absolute atomic E-state index is 0. The van der Waals surface area contributed by atoms with Crippen LogP contribution in [-0.4, -0.2) is 44.2 Å². The Kier molecular flexibility index (Phi) is 9.92. The Morgan fingerprint density at radius 2 is 1.91 bits per heavy atom. The van der Waals surface area contributed by atoms with Crippen LogP contribution in [0.1, 0.15) is 31.2 Å². The Balaban J connectivity index is 0.00000264. The molecule has 1 aliphatic rings. The number of nitrogens with one attached hydrogen (secondary N) is 1. The van der Waals surface area contributed by atoms with Crippen LogP contribution in [-0.2, 0) is 16.1 Å². The second-order valence-corrected chi connectivity index (χ2v) is 5.97. The van der Waals surface area contributed by atoms with Crippen molar-refractivity contribution in [1.29, 1.82) is 0 Å². The van der Waals surface area contributed by atoms with Gasteiger partial charge in [-0.05, 0) is 44.3 Å². The summed E-state index contributed by atoms with van der Waals surface area (Å²) in [6.07, 6.45) is 3.92. The molecule has 1 saturated heterocycles. The zero-order chi connectivity index (χ0) is 15.6. The first-order valence-electron chi connectivity index (χ1n) is 8.33. The van der Waals surface area contributed by atoms with Crippen LogP contribution >= 0.6 is 12.4 Å². The van der Waals surface area contributed by atoms with Gasteiger partial charge in [-0.2, -0.15) is 0 Å². The van der Waals surface area contributed by atoms with Gasteiger partial charge in [-0.25, -0.2) is 0 Å². The predicted molar refractivity (Wildman–Crippen MR) is 95.8 cm³/mol. The van der Waals surface area contributed by atoms with E-state index < -0.39 is 0 Å². The highest BCUT2D eigenvalue weighted by atomic mass is 35.5. The summed E-state index contributed by atoms with van der Waals surface area (Å²) in [6.45, 7) is 4.22. The summed E-state index contributed by atoms with van der Waals surface area (Å²) in [5.74, 6) is 0.509. The molecule has 0 saturated carbocycles. The first kappa shape index (κ1) is 19.9. The number of benzene rings is 1. The van der Waals surface area contributed by atoms with Crippen molar-refractivity contribution in [2.24, 2.45) is 5.92 Å². The molecular formula is C18H29ClN2O2. The second kappa shape index (κ2) is 11.4. The van der Waals surface area contributed by atoms with Crippen LogP contribution in [0.2, 0.25) is 0 Å². The molecule has 0 aromatic heterocycles. The van der Waals surface area contributed by atoms with Gasteiger partial charge in [0.05, 0.1) is 0 Å². The summed E-state index contributed by atoms with van der Waals surface area (Å²) >= 11 is 0. The van der Waals surface area contributed by atoms with Crippen molar-refractivity contribution in [2.75, 3.05) is 33.4 Å². The summed E-state index contributed by atoms with van der Waals surface area (Å²) in [7, 11) is 1.72. The predicted octanol–water partition coefficient (Wildman–Crippen LogP) is 2.86. The molecule has 1 amide bonds. The van der Waals surface area contributed by atoms with Crippen LogP contribution in [0.15, 0.2) is 30.3 Å². The monoisotopic (exact) mass is 340 g/mol. The van der Waals surface area contributed by atoms with Crippen LogP contribution in [0, 0.1) is 5.92 Å². The van der Waals surface area contributed by atoms with Gasteiger partial charge in [0, 0.05) is 32.7 Å². The number of methoxy groups -OCH3 is 1. The maximum Gasteiger partial charge on any atom is 0.226 e. The number of ether oxygens (including phenoxy) is 1. The Hall–Kier alpha value is -1.10. The number of piperidine rings is 1. The lowest BCUT2D eigenvalue weighted by molar-refractivity contribution is -0.137. The van der Waals surface area contributed by atoms with Crippen LogP contribution in [0.3, 0.4) is 0 Å². The third-order valence-corrected chi connectivity index (χ3v) is 4.24. The zero-order valence-electron chi connectivity index (χ0n) is 14.0. The number of halogens is 1. The first-order chi connectivity index (χ1) is 10.8. The maximum atomic E-state index is 12.8. The molecule has 130 valence electrons. The van der Waals surface area contributed by atoms with Gasteiger partial charge in [0.1, 0.15) is 0 Å². The summed E-state index contributed by atoms with van der Waals surface area (Å²) in [6, 6.07) is 10.3. The van der Waals surface area contributed by atoms with E-state index in [0.717, 1.165) is 58.5 Å². The maximum absolute atomic E-state index is 12.8. The van der Waals surface area contributed by atoms with E-state index in [0.29, 0.717) is 5.91 Å². The average molecular weight is 341 g/mol. The Bertz CT molecular complexity index is 436. The SMILES string of the molecule is COCCCCN(Cc1ccccc1)C(=O)C1CCNCC1.Cl. The van der Waals surface area contributed by atoms with Crippen LogP contribution < -0.4 is 5.32 Å². The van der Waals surface area contributed by atoms with Gasteiger partial charge in [-0.3, -0.25) is 4.79 Å². The quantitative estimate of drug-likeness (QED) is 0.740. The molecule has 1 aliphatic heterocycles. The summed E-state index contributed by atoms with van der Waals surface area (Å²) in [5.41, 5.74) is 1.21. The van der Waals surface area contributed by atoms with Gasteiger partial charge in [-0.1, -0.05) is 30.3 Å². The van der Waals surface area contributed by atoms with Crippen molar-refractivity contribution in [1.82, 2.24) is 10.2 Å². The first-order valence-corrected chi connectivity index (χ1v) is 8.33. The third-order valence-electron chi connectivity index (χ3n) is 4.24. The minimum atomic E-state index is 0. The van der Waals surface area contributed by atoms with E-state index in [-0.39, 0.29) is 18.3 Å². The van der Waals surface area contributed by atoms with Crippen molar-refractivity contribution >= 4 is 18.3 Å². The smallest absolute Gasteiger partial charge is 0.226 e. The highest BCUT2D eigenvalue weighted by Crippen LogP contribution is 2.17. The lowest BCUT2D eigenvalue weighted by atomic mass is 9.96. The Morgan fingerprint density at radius 3 is 2.57 bits per heavy atom. The Morgan fingerprint density at radius 1 is 1.22 bits per heavy atom. The number of carbonyl (C=O) groups excluding carboxylic acids is 1. The van der Waals surface area contributed by atoms with Crippen molar-refractivity contribution in [3.05, 3.63) is 35.9 Å². The Labute approximate surface area is 146 Å². The van der Waals surface area contributed by atoms with Crippen molar-refractivity contribution in [2.45, 2.75) is 32.2 Å². The van der Waals surface area contributed by atoms with Crippen molar-refractivity contribution in [3.63, 3.8) is 0 Å². The molecule has 2 rings (SSSR count). The van der Waals surface area contributed by atoms with Crippen LogP contribution in [0.5, 0.6) is 0 Å². The molecule has 0 aliphatic carbocycles. The van der Waals surface area contributed by atoms with E-state index in [4.69, 9.17) is 4.74 Å².